The Labute approximate surface area is 52.4 Å². The molecule has 0 rings (SSSR count). The summed E-state index contributed by atoms with van der Waals surface area (Å²) in [5, 5.41) is 0. The van der Waals surface area contributed by atoms with Crippen LogP contribution in [-0.4, -0.2) is 19.6 Å². The fourth-order valence-corrected chi connectivity index (χ4v) is 0.862. The molecule has 0 N–H and O–H groups in total. The van der Waals surface area contributed by atoms with Crippen molar-refractivity contribution < 1.29 is 9.26 Å². The van der Waals surface area contributed by atoms with Gasteiger partial charge in [0.15, 0.2) is 0 Å². The van der Waals surface area contributed by atoms with E-state index in [4.69, 9.17) is 9.26 Å². The van der Waals surface area contributed by atoms with Crippen LogP contribution in [0.15, 0.2) is 0 Å². The Kier molecular flexibility index (Phi) is 7.67. The van der Waals surface area contributed by atoms with Crippen LogP contribution in [0.4, 0.5) is 0 Å². The van der Waals surface area contributed by atoms with Crippen LogP contribution in [0.5, 0.6) is 0 Å². The lowest BCUT2D eigenvalue weighted by molar-refractivity contribution is 0.189. The molecule has 1 atom stereocenters. The molecule has 3 heteroatoms. The molecule has 0 aliphatic carbocycles. The first kappa shape index (κ1) is 8.35. The number of rotatable bonds is 5. The first-order valence-corrected chi connectivity index (χ1v) is 3.95. The predicted molar refractivity (Wildman–Crippen MR) is 36.4 cm³/mol. The van der Waals surface area contributed by atoms with E-state index in [-0.39, 0.29) is 0 Å². The molecule has 0 aromatic heterocycles. The summed E-state index contributed by atoms with van der Waals surface area (Å²) in [6.07, 6.45) is 0.754. The van der Waals surface area contributed by atoms with Crippen LogP contribution in [0.25, 0.3) is 0 Å². The minimum atomic E-state index is 0.517. The van der Waals surface area contributed by atoms with Gasteiger partial charge in [-0.25, -0.2) is 0 Å². The molecule has 50 valence electrons. The highest BCUT2D eigenvalue weighted by atomic mass is 31.1. The highest BCUT2D eigenvalue weighted by molar-refractivity contribution is 7.31. The summed E-state index contributed by atoms with van der Waals surface area (Å²) in [6, 6.07) is 0. The van der Waals surface area contributed by atoms with Gasteiger partial charge >= 0.3 is 0 Å². The Morgan fingerprint density at radius 3 is 2.50 bits per heavy atom. The normalized spacial score (nSPS) is 11.2. The minimum Gasteiger partial charge on any atom is -0.375 e. The predicted octanol–water partition coefficient (Wildman–Crippen LogP) is 1.61. The Hall–Kier alpha value is 0.350. The molecule has 8 heavy (non-hydrogen) atoms. The second-order valence-corrected chi connectivity index (χ2v) is 2.08. The van der Waals surface area contributed by atoms with Gasteiger partial charge in [0.25, 0.3) is 0 Å². The quantitative estimate of drug-likeness (QED) is 0.422. The van der Waals surface area contributed by atoms with Crippen molar-refractivity contribution in [3.8, 4) is 0 Å². The van der Waals surface area contributed by atoms with E-state index in [9.17, 15) is 0 Å². The summed E-state index contributed by atoms with van der Waals surface area (Å²) in [6.45, 7) is 5.56. The van der Waals surface area contributed by atoms with Crippen LogP contribution >= 0.6 is 8.81 Å². The number of hydrogen-bond donors (Lipinski definition) is 0. The molecule has 1 unspecified atom stereocenters. The van der Waals surface area contributed by atoms with E-state index in [0.717, 1.165) is 19.6 Å². The van der Waals surface area contributed by atoms with E-state index >= 15 is 0 Å². The van der Waals surface area contributed by atoms with Crippen LogP contribution < -0.4 is 0 Å². The molecule has 0 spiro atoms. The Balaban J connectivity index is 2.53. The summed E-state index contributed by atoms with van der Waals surface area (Å²) in [7, 11) is 0.517. The topological polar surface area (TPSA) is 18.5 Å². The largest absolute Gasteiger partial charge is 0.375 e. The molecule has 0 amide bonds. The van der Waals surface area contributed by atoms with Gasteiger partial charge in [0.1, 0.15) is 0 Å². The Morgan fingerprint density at radius 2 is 2.00 bits per heavy atom. The van der Waals surface area contributed by atoms with Crippen LogP contribution in [0.1, 0.15) is 13.8 Å². The van der Waals surface area contributed by atoms with E-state index < -0.39 is 0 Å². The molecular weight excluding hydrogens is 123 g/mol. The van der Waals surface area contributed by atoms with E-state index in [1.165, 1.54) is 0 Å². The van der Waals surface area contributed by atoms with E-state index in [2.05, 4.69) is 0 Å². The van der Waals surface area contributed by atoms with Crippen LogP contribution in [0.2, 0.25) is 0 Å². The molecule has 2 nitrogen and oxygen atoms in total. The molecule has 0 saturated carbocycles. The molecule has 0 aromatic rings. The van der Waals surface area contributed by atoms with E-state index in [0.29, 0.717) is 8.81 Å². The molecule has 0 bridgehead atoms. The number of ether oxygens (including phenoxy) is 1. The van der Waals surface area contributed by atoms with Gasteiger partial charge < -0.3 is 9.26 Å². The lowest BCUT2D eigenvalue weighted by atomic mass is 10.9. The van der Waals surface area contributed by atoms with Crippen molar-refractivity contribution >= 4 is 8.81 Å². The fourth-order valence-electron chi connectivity index (χ4n) is 0.287. The van der Waals surface area contributed by atoms with Gasteiger partial charge in [-0.3, -0.25) is 0 Å². The highest BCUT2D eigenvalue weighted by Crippen LogP contribution is 2.09. The zero-order valence-electron chi connectivity index (χ0n) is 5.44. The lowest BCUT2D eigenvalue weighted by Gasteiger charge is -1.98. The maximum absolute atomic E-state index is 5.04. The van der Waals surface area contributed by atoms with Crippen molar-refractivity contribution in [1.82, 2.24) is 0 Å². The zero-order valence-corrected chi connectivity index (χ0v) is 6.44. The minimum absolute atomic E-state index is 0.517. The van der Waals surface area contributed by atoms with Crippen LogP contribution in [-0.2, 0) is 9.26 Å². The Bertz CT molecular complexity index is 35.4. The lowest BCUT2D eigenvalue weighted by Crippen LogP contribution is -1.87. The van der Waals surface area contributed by atoms with Gasteiger partial charge in [-0.1, -0.05) is 0 Å². The fraction of sp³-hybridized carbons (Fsp3) is 1.00. The van der Waals surface area contributed by atoms with Gasteiger partial charge in [-0.2, -0.15) is 0 Å². The third-order valence-electron chi connectivity index (χ3n) is 0.612. The molecule has 0 aromatic carbocycles. The van der Waals surface area contributed by atoms with Gasteiger partial charge in [0.05, 0.1) is 6.35 Å². The highest BCUT2D eigenvalue weighted by Gasteiger charge is 1.81. The maximum Gasteiger partial charge on any atom is 0.0879 e. The van der Waals surface area contributed by atoms with Crippen molar-refractivity contribution in [1.29, 1.82) is 0 Å². The zero-order chi connectivity index (χ0) is 6.24. The standard InChI is InChI=1S/C5H13O2P/c1-3-6-5-8-7-4-2/h8H,3-5H2,1-2H3. The molecule has 0 fully saturated rings. The van der Waals surface area contributed by atoms with Crippen molar-refractivity contribution in [2.75, 3.05) is 19.6 Å². The summed E-state index contributed by atoms with van der Waals surface area (Å²) in [5.41, 5.74) is 0. The third kappa shape index (κ3) is 6.35. The second kappa shape index (κ2) is 7.35. The van der Waals surface area contributed by atoms with E-state index in [1.54, 1.807) is 0 Å². The second-order valence-electron chi connectivity index (χ2n) is 1.21. The van der Waals surface area contributed by atoms with E-state index in [1.807, 2.05) is 13.8 Å². The Morgan fingerprint density at radius 1 is 1.25 bits per heavy atom. The van der Waals surface area contributed by atoms with Gasteiger partial charge in [-0.15, -0.1) is 0 Å². The molecule has 0 radical (unpaired) electrons. The maximum atomic E-state index is 5.04. The van der Waals surface area contributed by atoms with Crippen LogP contribution in [0.3, 0.4) is 0 Å². The monoisotopic (exact) mass is 136 g/mol. The molecule has 0 heterocycles. The smallest absolute Gasteiger partial charge is 0.0879 e. The summed E-state index contributed by atoms with van der Waals surface area (Å²) < 4.78 is 10.1. The number of hydrogen-bond acceptors (Lipinski definition) is 2. The van der Waals surface area contributed by atoms with Crippen molar-refractivity contribution in [3.05, 3.63) is 0 Å². The third-order valence-corrected chi connectivity index (χ3v) is 1.43. The average Bonchev–Trinajstić information content (AvgIpc) is 1.81. The SMILES string of the molecule is CCOCPOCC. The van der Waals surface area contributed by atoms with Gasteiger partial charge in [0.2, 0.25) is 0 Å². The molecular formula is C5H13O2P. The molecule has 0 aliphatic heterocycles. The average molecular weight is 136 g/mol. The summed E-state index contributed by atoms with van der Waals surface area (Å²) in [5.74, 6) is 0. The van der Waals surface area contributed by atoms with Gasteiger partial charge in [-0.05, 0) is 13.8 Å². The summed E-state index contributed by atoms with van der Waals surface area (Å²) in [4.78, 5) is 0. The molecule has 0 aliphatic rings. The van der Waals surface area contributed by atoms with Crippen LogP contribution in [0, 0.1) is 0 Å². The van der Waals surface area contributed by atoms with Gasteiger partial charge in [0, 0.05) is 22.0 Å². The van der Waals surface area contributed by atoms with Crippen molar-refractivity contribution in [3.63, 3.8) is 0 Å². The van der Waals surface area contributed by atoms with Crippen molar-refractivity contribution in [2.24, 2.45) is 0 Å². The van der Waals surface area contributed by atoms with Crippen molar-refractivity contribution in [2.45, 2.75) is 13.8 Å². The molecule has 0 saturated heterocycles. The first-order chi connectivity index (χ1) is 3.91. The first-order valence-electron chi connectivity index (χ1n) is 2.84. The summed E-state index contributed by atoms with van der Waals surface area (Å²) >= 11 is 0.